The molecule has 0 fully saturated rings. The molecule has 11 nitrogen and oxygen atoms in total. The second kappa shape index (κ2) is 27.9. The van der Waals surface area contributed by atoms with Crippen LogP contribution >= 0.6 is 7.60 Å². The van der Waals surface area contributed by atoms with Crippen molar-refractivity contribution < 1.29 is 45.5 Å². The largest absolute Gasteiger partial charge is 0.495 e. The number of Topliss-reactive ketones (excluding diaryl/α,β-unsaturated/α-hetero) is 1. The lowest BCUT2D eigenvalue weighted by atomic mass is 9.95. The lowest BCUT2D eigenvalue weighted by molar-refractivity contribution is -0.117. The number of allylic oxidation sites excluding steroid dienone is 1. The third-order valence-electron chi connectivity index (χ3n) is 11.8. The van der Waals surface area contributed by atoms with Crippen molar-refractivity contribution in [3.05, 3.63) is 142 Å². The van der Waals surface area contributed by atoms with Crippen LogP contribution in [0.1, 0.15) is 111 Å². The molecule has 0 saturated carbocycles. The van der Waals surface area contributed by atoms with Crippen molar-refractivity contribution in [2.75, 3.05) is 27.5 Å². The number of hydrogen-bond donors (Lipinski definition) is 0. The number of aromatic nitrogens is 4. The molecule has 4 heterocycles. The molecule has 0 radical (unpaired) electrons. The van der Waals surface area contributed by atoms with Crippen LogP contribution in [0.25, 0.3) is 27.9 Å². The maximum absolute atomic E-state index is 13.4. The predicted molar refractivity (Wildman–Crippen MR) is 264 cm³/mol. The van der Waals surface area contributed by atoms with Gasteiger partial charge in [0, 0.05) is 85.9 Å². The molecule has 0 N–H and O–H groups in total. The van der Waals surface area contributed by atoms with Crippen molar-refractivity contribution in [3.63, 3.8) is 0 Å². The van der Waals surface area contributed by atoms with Gasteiger partial charge >= 0.3 is 7.60 Å². The Morgan fingerprint density at radius 3 is 1.69 bits per heavy atom. The zero-order valence-corrected chi connectivity index (χ0v) is 41.1. The first-order valence-electron chi connectivity index (χ1n) is 23.5. The number of nitriles is 1. The fourth-order valence-electron chi connectivity index (χ4n) is 7.98. The maximum atomic E-state index is 13.4. The molecular formula is C54H60F4N5O6P. The van der Waals surface area contributed by atoms with Crippen LogP contribution in [0.2, 0.25) is 0 Å². The minimum Gasteiger partial charge on any atom is -0.495 e. The molecule has 0 saturated heterocycles. The molecule has 2 aliphatic carbocycles. The van der Waals surface area contributed by atoms with Crippen LogP contribution in [-0.4, -0.2) is 59.0 Å². The highest BCUT2D eigenvalue weighted by Crippen LogP contribution is 2.46. The number of aryl methyl sites for hydroxylation is 6. The number of unbranched alkanes of at least 4 members (excludes halogenated alkanes) is 2. The van der Waals surface area contributed by atoms with E-state index in [2.05, 4.69) is 34.2 Å². The van der Waals surface area contributed by atoms with Gasteiger partial charge in [0.15, 0.2) is 29.1 Å². The van der Waals surface area contributed by atoms with Crippen LogP contribution in [0.3, 0.4) is 0 Å². The van der Waals surface area contributed by atoms with E-state index in [1.165, 1.54) is 88.7 Å². The van der Waals surface area contributed by atoms with Crippen LogP contribution in [0, 0.1) is 34.6 Å². The van der Waals surface area contributed by atoms with E-state index in [1.54, 1.807) is 30.5 Å². The van der Waals surface area contributed by atoms with Gasteiger partial charge in [0.25, 0.3) is 0 Å². The molecule has 16 heteroatoms. The third kappa shape index (κ3) is 17.0. The van der Waals surface area contributed by atoms with Gasteiger partial charge in [-0.1, -0.05) is 12.1 Å². The van der Waals surface area contributed by atoms with Crippen molar-refractivity contribution in [3.8, 4) is 11.8 Å². The standard InChI is InChI=1S/C25H24F2N2O.C17H26NO4P.C10H7F2NO.C2H3N/c26-22-14-19-13-17(16-28-25(19)15-23(22)27)9-12-21(30)7-3-2-6-20-11-10-18-5-1-4-8-24(18)29-20;1-21-23(20,22-2)13-16(19)9-5-4-8-15-12-11-14-7-3-6-10-17(14)18-15;1-14-7-2-6-3-8(11)9(12)4-10(6)13-5-7;1-2-3/h9-16H,1-8H2;11-12H,3-10,13H2,1-2H3;2-5H,1H3;1H3/b12-9+;;;. The molecule has 6 aromatic rings. The highest BCUT2D eigenvalue weighted by molar-refractivity contribution is 7.54. The minimum absolute atomic E-state index is 0.0405. The van der Waals surface area contributed by atoms with Gasteiger partial charge in [0.2, 0.25) is 0 Å². The first kappa shape index (κ1) is 54.7. The fourth-order valence-corrected chi connectivity index (χ4v) is 8.98. The van der Waals surface area contributed by atoms with Gasteiger partial charge in [-0.15, -0.1) is 0 Å². The average molecular weight is 982 g/mol. The highest BCUT2D eigenvalue weighted by Gasteiger charge is 2.25. The van der Waals surface area contributed by atoms with Crippen molar-refractivity contribution in [1.29, 1.82) is 5.26 Å². The van der Waals surface area contributed by atoms with Crippen LogP contribution < -0.4 is 4.74 Å². The monoisotopic (exact) mass is 981 g/mol. The predicted octanol–water partition coefficient (Wildman–Crippen LogP) is 12.6. The first-order valence-corrected chi connectivity index (χ1v) is 25.2. The summed E-state index contributed by atoms with van der Waals surface area (Å²) in [5.41, 5.74) is 8.99. The van der Waals surface area contributed by atoms with Gasteiger partial charge in [-0.2, -0.15) is 5.26 Å². The summed E-state index contributed by atoms with van der Waals surface area (Å²) in [7, 11) is 0.879. The quantitative estimate of drug-likeness (QED) is 0.0371. The van der Waals surface area contributed by atoms with E-state index in [0.717, 1.165) is 99.9 Å². The molecule has 0 atom stereocenters. The first-order chi connectivity index (χ1) is 33.8. The van der Waals surface area contributed by atoms with E-state index in [0.29, 0.717) is 46.0 Å². The number of hydrogen-bond acceptors (Lipinski definition) is 11. The molecule has 0 aliphatic heterocycles. The Hall–Kier alpha value is -6.20. The van der Waals surface area contributed by atoms with Gasteiger partial charge in [-0.3, -0.25) is 34.1 Å². The van der Waals surface area contributed by atoms with E-state index < -0.39 is 30.9 Å². The summed E-state index contributed by atoms with van der Waals surface area (Å²) in [5.74, 6) is -3.12. The van der Waals surface area contributed by atoms with Crippen LogP contribution in [0.4, 0.5) is 17.6 Å². The summed E-state index contributed by atoms with van der Waals surface area (Å²) in [5, 5.41) is 8.34. The zero-order valence-electron chi connectivity index (χ0n) is 40.2. The zero-order chi connectivity index (χ0) is 50.5. The normalized spacial score (nSPS) is 12.8. The highest BCUT2D eigenvalue weighted by atomic mass is 31.2. The number of rotatable bonds is 17. The molecule has 70 heavy (non-hydrogen) atoms. The summed E-state index contributed by atoms with van der Waals surface area (Å²) < 4.78 is 78.6. The Labute approximate surface area is 407 Å². The number of halogens is 4. The van der Waals surface area contributed by atoms with Gasteiger partial charge in [0.1, 0.15) is 17.7 Å². The van der Waals surface area contributed by atoms with Gasteiger partial charge in [-0.05, 0) is 155 Å². The van der Waals surface area contributed by atoms with E-state index >= 15 is 0 Å². The number of benzene rings is 2. The number of methoxy groups -OCH3 is 1. The number of fused-ring (bicyclic) bond motifs is 4. The minimum atomic E-state index is -3.22. The molecule has 0 amide bonds. The lowest BCUT2D eigenvalue weighted by Crippen LogP contribution is -2.08. The fraction of sp³-hybridized carbons (Fsp3) is 0.389. The average Bonchev–Trinajstić information content (AvgIpc) is 3.37. The SMILES string of the molecule is CC#N.COP(=O)(CC(=O)CCCCc1ccc2c(n1)CCCC2)OC.COc1cnc2cc(F)c(F)cc2c1.O=C(/C=C/c1cnc2cc(F)c(F)cc2c1)CCCCc1ccc2c(n1)CCCC2. The molecule has 370 valence electrons. The Balaban J connectivity index is 0.000000201. The van der Waals surface area contributed by atoms with E-state index in [4.69, 9.17) is 29.0 Å². The number of nitrogens with zero attached hydrogens (tertiary/aromatic N) is 5. The van der Waals surface area contributed by atoms with Gasteiger partial charge < -0.3 is 13.8 Å². The van der Waals surface area contributed by atoms with E-state index in [9.17, 15) is 31.7 Å². The number of carbonyl (C=O) groups excluding carboxylic acids is 2. The van der Waals surface area contributed by atoms with Crippen molar-refractivity contribution in [2.45, 2.75) is 110 Å². The molecular weight excluding hydrogens is 922 g/mol. The Kier molecular flexibility index (Phi) is 21.8. The van der Waals surface area contributed by atoms with Crippen LogP contribution in [0.5, 0.6) is 5.75 Å². The number of carbonyl (C=O) groups is 2. The van der Waals surface area contributed by atoms with Gasteiger partial charge in [0.05, 0.1) is 30.4 Å². The summed E-state index contributed by atoms with van der Waals surface area (Å²) in [6.07, 6.45) is 21.6. The molecule has 8 rings (SSSR count). The van der Waals surface area contributed by atoms with Crippen molar-refractivity contribution in [2.24, 2.45) is 0 Å². The molecule has 0 bridgehead atoms. The number of ether oxygens (including phenoxy) is 1. The molecule has 0 spiro atoms. The summed E-state index contributed by atoms with van der Waals surface area (Å²) in [4.78, 5) is 41.6. The molecule has 2 aromatic carbocycles. The van der Waals surface area contributed by atoms with Crippen molar-refractivity contribution >= 4 is 47.0 Å². The second-order valence-corrected chi connectivity index (χ2v) is 19.2. The van der Waals surface area contributed by atoms with Gasteiger partial charge in [-0.25, -0.2) is 17.6 Å². The Bertz CT molecular complexity index is 2850. The third-order valence-corrected chi connectivity index (χ3v) is 13.6. The topological polar surface area (TPSA) is 154 Å². The summed E-state index contributed by atoms with van der Waals surface area (Å²) >= 11 is 0. The van der Waals surface area contributed by atoms with E-state index in [-0.39, 0.29) is 17.7 Å². The number of ketones is 2. The Morgan fingerprint density at radius 1 is 0.671 bits per heavy atom. The Morgan fingerprint density at radius 2 is 1.16 bits per heavy atom. The summed E-state index contributed by atoms with van der Waals surface area (Å²) in [6, 6.07) is 18.0. The maximum Gasteiger partial charge on any atom is 0.337 e. The number of pyridine rings is 4. The molecule has 2 aliphatic rings. The van der Waals surface area contributed by atoms with Crippen LogP contribution in [-0.2, 0) is 61.7 Å². The smallest absolute Gasteiger partial charge is 0.337 e. The second-order valence-electron chi connectivity index (χ2n) is 16.9. The van der Waals surface area contributed by atoms with E-state index in [1.807, 2.05) is 0 Å². The van der Waals surface area contributed by atoms with Crippen molar-refractivity contribution in [1.82, 2.24) is 19.9 Å². The van der Waals surface area contributed by atoms with Crippen LogP contribution in [0.15, 0.2) is 79.1 Å². The lowest BCUT2D eigenvalue weighted by Gasteiger charge is -2.15. The molecule has 4 aromatic heterocycles. The molecule has 0 unspecified atom stereocenters. The summed E-state index contributed by atoms with van der Waals surface area (Å²) in [6.45, 7) is 1.43.